The molecule has 0 fully saturated rings. The van der Waals surface area contributed by atoms with Gasteiger partial charge in [-0.15, -0.1) is 0 Å². The minimum atomic E-state index is 0.506. The van der Waals surface area contributed by atoms with Gasteiger partial charge in [-0.05, 0) is 13.8 Å². The monoisotopic (exact) mass is 178 g/mol. The molecular weight excluding hydrogens is 164 g/mol. The highest BCUT2D eigenvalue weighted by Crippen LogP contribution is 2.30. The summed E-state index contributed by atoms with van der Waals surface area (Å²) in [6, 6.07) is 2.43. The van der Waals surface area contributed by atoms with Gasteiger partial charge in [-0.25, -0.2) is 0 Å². The average molecular weight is 178 g/mol. The zero-order chi connectivity index (χ0) is 9.26. The van der Waals surface area contributed by atoms with Crippen molar-refractivity contribution < 1.29 is 4.74 Å². The van der Waals surface area contributed by atoms with Crippen LogP contribution in [0.3, 0.4) is 0 Å². The Morgan fingerprint density at radius 3 is 3.15 bits per heavy atom. The molecule has 0 amide bonds. The van der Waals surface area contributed by atoms with Crippen molar-refractivity contribution in [2.24, 2.45) is 0 Å². The van der Waals surface area contributed by atoms with E-state index in [4.69, 9.17) is 4.74 Å². The first-order valence-electron chi connectivity index (χ1n) is 4.62. The lowest BCUT2D eigenvalue weighted by Gasteiger charge is -2.33. The molecule has 0 spiro atoms. The largest absolute Gasteiger partial charge is 0.489 e. The van der Waals surface area contributed by atoms with Crippen molar-refractivity contribution in [1.82, 2.24) is 4.98 Å². The molecule has 0 bridgehead atoms. The SMILES string of the molecule is CC(C)N1CCOc2ccncc21. The standard InChI is InChI=1S/C10H14N2O/c1-8(2)12-5-6-13-10-3-4-11-7-9(10)12/h3-4,7-8H,5-6H2,1-2H3. The Labute approximate surface area is 78.3 Å². The molecule has 2 rings (SSSR count). The van der Waals surface area contributed by atoms with Gasteiger partial charge in [0.2, 0.25) is 0 Å². The van der Waals surface area contributed by atoms with E-state index in [1.807, 2.05) is 12.3 Å². The predicted octanol–water partition coefficient (Wildman–Crippen LogP) is 1.69. The highest BCUT2D eigenvalue weighted by atomic mass is 16.5. The van der Waals surface area contributed by atoms with Crippen LogP contribution in [0.25, 0.3) is 0 Å². The number of fused-ring (bicyclic) bond motifs is 1. The van der Waals surface area contributed by atoms with Gasteiger partial charge in [0, 0.05) is 18.3 Å². The number of rotatable bonds is 1. The summed E-state index contributed by atoms with van der Waals surface area (Å²) in [5, 5.41) is 0. The topological polar surface area (TPSA) is 25.4 Å². The van der Waals surface area contributed by atoms with E-state index >= 15 is 0 Å². The van der Waals surface area contributed by atoms with Gasteiger partial charge in [-0.3, -0.25) is 4.98 Å². The van der Waals surface area contributed by atoms with Crippen LogP contribution in [-0.4, -0.2) is 24.2 Å². The van der Waals surface area contributed by atoms with Gasteiger partial charge in [0.15, 0.2) is 0 Å². The second-order valence-corrected chi connectivity index (χ2v) is 3.48. The van der Waals surface area contributed by atoms with Gasteiger partial charge in [-0.2, -0.15) is 0 Å². The van der Waals surface area contributed by atoms with E-state index in [9.17, 15) is 0 Å². The van der Waals surface area contributed by atoms with Gasteiger partial charge >= 0.3 is 0 Å². The first-order valence-corrected chi connectivity index (χ1v) is 4.62. The van der Waals surface area contributed by atoms with Crippen LogP contribution in [0.2, 0.25) is 0 Å². The molecule has 13 heavy (non-hydrogen) atoms. The fourth-order valence-corrected chi connectivity index (χ4v) is 1.62. The van der Waals surface area contributed by atoms with Crippen LogP contribution in [-0.2, 0) is 0 Å². The smallest absolute Gasteiger partial charge is 0.145 e. The average Bonchev–Trinajstić information content (AvgIpc) is 2.17. The summed E-state index contributed by atoms with van der Waals surface area (Å²) >= 11 is 0. The first-order chi connectivity index (χ1) is 6.29. The lowest BCUT2D eigenvalue weighted by molar-refractivity contribution is 0.302. The van der Waals surface area contributed by atoms with Crippen molar-refractivity contribution in [1.29, 1.82) is 0 Å². The highest BCUT2D eigenvalue weighted by Gasteiger charge is 2.19. The number of anilines is 1. The maximum atomic E-state index is 5.52. The van der Waals surface area contributed by atoms with E-state index in [2.05, 4.69) is 23.7 Å². The van der Waals surface area contributed by atoms with Crippen LogP contribution in [0.15, 0.2) is 18.5 Å². The summed E-state index contributed by atoms with van der Waals surface area (Å²) < 4.78 is 5.52. The molecule has 2 heterocycles. The van der Waals surface area contributed by atoms with Gasteiger partial charge < -0.3 is 9.64 Å². The van der Waals surface area contributed by atoms with Crippen molar-refractivity contribution in [3.8, 4) is 5.75 Å². The zero-order valence-electron chi connectivity index (χ0n) is 8.03. The van der Waals surface area contributed by atoms with E-state index in [0.29, 0.717) is 6.04 Å². The van der Waals surface area contributed by atoms with Crippen LogP contribution < -0.4 is 9.64 Å². The fraction of sp³-hybridized carbons (Fsp3) is 0.500. The lowest BCUT2D eigenvalue weighted by Crippen LogP contribution is -2.37. The van der Waals surface area contributed by atoms with E-state index < -0.39 is 0 Å². The summed E-state index contributed by atoms with van der Waals surface area (Å²) in [5.41, 5.74) is 1.11. The molecule has 70 valence electrons. The van der Waals surface area contributed by atoms with Gasteiger partial charge in [-0.1, -0.05) is 0 Å². The summed E-state index contributed by atoms with van der Waals surface area (Å²) in [5.74, 6) is 0.954. The highest BCUT2D eigenvalue weighted by molar-refractivity contribution is 5.58. The quantitative estimate of drug-likeness (QED) is 0.654. The molecule has 0 radical (unpaired) electrons. The summed E-state index contributed by atoms with van der Waals surface area (Å²) in [7, 11) is 0. The van der Waals surface area contributed by atoms with E-state index in [-0.39, 0.29) is 0 Å². The number of hydrogen-bond acceptors (Lipinski definition) is 3. The molecule has 0 aromatic carbocycles. The maximum absolute atomic E-state index is 5.52. The summed E-state index contributed by atoms with van der Waals surface area (Å²) in [6.45, 7) is 6.09. The Morgan fingerprint density at radius 1 is 1.54 bits per heavy atom. The Morgan fingerprint density at radius 2 is 2.38 bits per heavy atom. The maximum Gasteiger partial charge on any atom is 0.145 e. The molecule has 0 saturated carbocycles. The third-order valence-electron chi connectivity index (χ3n) is 2.28. The van der Waals surface area contributed by atoms with Crippen molar-refractivity contribution in [3.05, 3.63) is 18.5 Å². The van der Waals surface area contributed by atoms with Crippen molar-refractivity contribution in [2.75, 3.05) is 18.1 Å². The first kappa shape index (κ1) is 8.35. The molecule has 0 saturated heterocycles. The predicted molar refractivity (Wildman–Crippen MR) is 52.2 cm³/mol. The van der Waals surface area contributed by atoms with Crippen LogP contribution in [0.5, 0.6) is 5.75 Å². The molecular formula is C10H14N2O. The molecule has 1 aromatic heterocycles. The molecule has 1 aliphatic heterocycles. The molecule has 0 aliphatic carbocycles. The summed E-state index contributed by atoms with van der Waals surface area (Å²) in [4.78, 5) is 6.42. The minimum Gasteiger partial charge on any atom is -0.489 e. The van der Waals surface area contributed by atoms with E-state index in [1.165, 1.54) is 0 Å². The molecule has 1 aromatic rings. The fourth-order valence-electron chi connectivity index (χ4n) is 1.62. The number of pyridine rings is 1. The second-order valence-electron chi connectivity index (χ2n) is 3.48. The molecule has 0 unspecified atom stereocenters. The van der Waals surface area contributed by atoms with Crippen LogP contribution in [0.4, 0.5) is 5.69 Å². The van der Waals surface area contributed by atoms with Crippen molar-refractivity contribution >= 4 is 5.69 Å². The number of nitrogens with zero attached hydrogens (tertiary/aromatic N) is 2. The number of hydrogen-bond donors (Lipinski definition) is 0. The van der Waals surface area contributed by atoms with E-state index in [1.54, 1.807) is 6.20 Å². The van der Waals surface area contributed by atoms with Gasteiger partial charge in [0.25, 0.3) is 0 Å². The Bertz CT molecular complexity index is 299. The lowest BCUT2D eigenvalue weighted by atomic mass is 10.2. The van der Waals surface area contributed by atoms with Crippen molar-refractivity contribution in [3.63, 3.8) is 0 Å². The molecule has 3 nitrogen and oxygen atoms in total. The van der Waals surface area contributed by atoms with Crippen LogP contribution >= 0.6 is 0 Å². The number of aromatic nitrogens is 1. The third-order valence-corrected chi connectivity index (χ3v) is 2.28. The third kappa shape index (κ3) is 1.46. The zero-order valence-corrected chi connectivity index (χ0v) is 8.03. The van der Waals surface area contributed by atoms with Crippen molar-refractivity contribution in [2.45, 2.75) is 19.9 Å². The Hall–Kier alpha value is -1.25. The molecule has 3 heteroatoms. The van der Waals surface area contributed by atoms with Crippen LogP contribution in [0.1, 0.15) is 13.8 Å². The molecule has 1 aliphatic rings. The molecule has 0 N–H and O–H groups in total. The van der Waals surface area contributed by atoms with E-state index in [0.717, 1.165) is 24.6 Å². The van der Waals surface area contributed by atoms with Gasteiger partial charge in [0.1, 0.15) is 12.4 Å². The second kappa shape index (κ2) is 3.24. The minimum absolute atomic E-state index is 0.506. The number of ether oxygens (including phenoxy) is 1. The normalized spacial score (nSPS) is 15.5. The Kier molecular flexibility index (Phi) is 2.08. The van der Waals surface area contributed by atoms with Gasteiger partial charge in [0.05, 0.1) is 18.4 Å². The Balaban J connectivity index is 2.37. The summed E-state index contributed by atoms with van der Waals surface area (Å²) in [6.07, 6.45) is 3.64. The van der Waals surface area contributed by atoms with Crippen LogP contribution in [0, 0.1) is 0 Å². The molecule has 0 atom stereocenters.